The third kappa shape index (κ3) is 8.60. The van der Waals surface area contributed by atoms with Crippen molar-refractivity contribution in [2.45, 2.75) is 71.6 Å². The predicted molar refractivity (Wildman–Crippen MR) is 89.1 cm³/mol. The fourth-order valence-electron chi connectivity index (χ4n) is 1.99. The van der Waals surface area contributed by atoms with Crippen LogP contribution in [0.15, 0.2) is 0 Å². The Kier molecular flexibility index (Phi) is 10.5. The van der Waals surface area contributed by atoms with Crippen LogP contribution in [-0.4, -0.2) is 54.0 Å². The second-order valence-corrected chi connectivity index (χ2v) is 8.53. The van der Waals surface area contributed by atoms with Gasteiger partial charge in [0.05, 0.1) is 13.2 Å². The fraction of sp³-hybridized carbons (Fsp3) is 1.00. The van der Waals surface area contributed by atoms with Gasteiger partial charge >= 0.3 is 8.80 Å². The largest absolute Gasteiger partial charge is 0.501 e. The SMILES string of the molecule is CCCO[Si](CCCOCC1CO1)(OCCC)OC(C)CC. The number of hydrogen-bond acceptors (Lipinski definition) is 5. The molecule has 0 spiro atoms. The maximum Gasteiger partial charge on any atom is 0.501 e. The van der Waals surface area contributed by atoms with Gasteiger partial charge in [0.25, 0.3) is 0 Å². The van der Waals surface area contributed by atoms with E-state index in [1.807, 2.05) is 0 Å². The highest BCUT2D eigenvalue weighted by Gasteiger charge is 2.41. The first-order valence-electron chi connectivity index (χ1n) is 8.80. The third-order valence-electron chi connectivity index (χ3n) is 3.49. The van der Waals surface area contributed by atoms with E-state index < -0.39 is 8.80 Å². The Hall–Kier alpha value is 0.0169. The Morgan fingerprint density at radius 1 is 1.09 bits per heavy atom. The van der Waals surface area contributed by atoms with Crippen molar-refractivity contribution in [1.29, 1.82) is 0 Å². The third-order valence-corrected chi connectivity index (χ3v) is 6.50. The van der Waals surface area contributed by atoms with E-state index in [0.29, 0.717) is 32.5 Å². The topological polar surface area (TPSA) is 49.5 Å². The molecule has 6 heteroatoms. The molecule has 0 bridgehead atoms. The van der Waals surface area contributed by atoms with Crippen molar-refractivity contribution in [2.75, 3.05) is 33.0 Å². The number of rotatable bonds is 15. The Morgan fingerprint density at radius 2 is 1.73 bits per heavy atom. The van der Waals surface area contributed by atoms with E-state index in [1.54, 1.807) is 0 Å². The number of hydrogen-bond donors (Lipinski definition) is 0. The summed E-state index contributed by atoms with van der Waals surface area (Å²) in [5, 5.41) is 0. The molecule has 22 heavy (non-hydrogen) atoms. The first-order valence-corrected chi connectivity index (χ1v) is 10.7. The van der Waals surface area contributed by atoms with Crippen LogP contribution in [0.4, 0.5) is 0 Å². The van der Waals surface area contributed by atoms with E-state index in [-0.39, 0.29) is 6.10 Å². The zero-order chi connectivity index (χ0) is 16.3. The molecule has 0 N–H and O–H groups in total. The van der Waals surface area contributed by atoms with Crippen molar-refractivity contribution in [3.8, 4) is 0 Å². The quantitative estimate of drug-likeness (QED) is 0.261. The molecule has 0 aromatic heterocycles. The zero-order valence-electron chi connectivity index (χ0n) is 14.8. The van der Waals surface area contributed by atoms with Gasteiger partial charge in [-0.05, 0) is 32.6 Å². The lowest BCUT2D eigenvalue weighted by molar-refractivity contribution is 0.0279. The van der Waals surface area contributed by atoms with Gasteiger partial charge in [0, 0.05) is 32.0 Å². The second kappa shape index (κ2) is 11.5. The van der Waals surface area contributed by atoms with E-state index in [0.717, 1.165) is 38.3 Å². The maximum atomic E-state index is 6.25. The summed E-state index contributed by atoms with van der Waals surface area (Å²) in [7, 11) is -2.59. The Morgan fingerprint density at radius 3 is 2.23 bits per heavy atom. The van der Waals surface area contributed by atoms with Crippen LogP contribution in [-0.2, 0) is 22.8 Å². The molecule has 0 aliphatic carbocycles. The van der Waals surface area contributed by atoms with Gasteiger partial charge in [-0.25, -0.2) is 0 Å². The smallest absolute Gasteiger partial charge is 0.379 e. The Balaban J connectivity index is 2.45. The van der Waals surface area contributed by atoms with E-state index in [1.165, 1.54) is 0 Å². The lowest BCUT2D eigenvalue weighted by atomic mass is 10.3. The molecule has 2 atom stereocenters. The molecule has 0 radical (unpaired) electrons. The standard InChI is InChI=1S/C16H34O5Si/c1-5-9-19-22(20-10-6-2,21-15(4)7-3)12-8-11-17-13-16-14-18-16/h15-16H,5-14H2,1-4H3. The second-order valence-electron chi connectivity index (χ2n) is 5.85. The van der Waals surface area contributed by atoms with Crippen molar-refractivity contribution in [3.05, 3.63) is 0 Å². The summed E-state index contributed by atoms with van der Waals surface area (Å²) in [5.74, 6) is 0. The summed E-state index contributed by atoms with van der Waals surface area (Å²) in [5.41, 5.74) is 0. The van der Waals surface area contributed by atoms with Crippen LogP contribution >= 0.6 is 0 Å². The van der Waals surface area contributed by atoms with Crippen LogP contribution in [0.25, 0.3) is 0 Å². The Labute approximate surface area is 137 Å². The average molecular weight is 335 g/mol. The lowest BCUT2D eigenvalue weighted by Crippen LogP contribution is -2.48. The molecule has 0 amide bonds. The first kappa shape index (κ1) is 20.1. The van der Waals surface area contributed by atoms with Crippen molar-refractivity contribution in [1.82, 2.24) is 0 Å². The fourth-order valence-corrected chi connectivity index (χ4v) is 5.00. The molecule has 132 valence electrons. The number of epoxide rings is 1. The van der Waals surface area contributed by atoms with Gasteiger partial charge in [-0.2, -0.15) is 0 Å². The minimum Gasteiger partial charge on any atom is -0.379 e. The molecular weight excluding hydrogens is 300 g/mol. The summed E-state index contributed by atoms with van der Waals surface area (Å²) in [6.07, 6.45) is 4.32. The molecule has 1 aliphatic heterocycles. The van der Waals surface area contributed by atoms with Crippen LogP contribution in [0.5, 0.6) is 0 Å². The monoisotopic (exact) mass is 334 g/mol. The zero-order valence-corrected chi connectivity index (χ0v) is 15.8. The van der Waals surface area contributed by atoms with Crippen molar-refractivity contribution < 1.29 is 22.8 Å². The van der Waals surface area contributed by atoms with E-state index in [2.05, 4.69) is 27.7 Å². The van der Waals surface area contributed by atoms with Crippen molar-refractivity contribution in [3.63, 3.8) is 0 Å². The van der Waals surface area contributed by atoms with E-state index in [9.17, 15) is 0 Å². The van der Waals surface area contributed by atoms with Gasteiger partial charge in [0.2, 0.25) is 0 Å². The molecule has 5 nitrogen and oxygen atoms in total. The average Bonchev–Trinajstić information content (AvgIpc) is 3.34. The Bertz CT molecular complexity index is 265. The molecule has 1 heterocycles. The summed E-state index contributed by atoms with van der Waals surface area (Å²) in [4.78, 5) is 0. The molecule has 0 aromatic rings. The van der Waals surface area contributed by atoms with E-state index >= 15 is 0 Å². The van der Waals surface area contributed by atoms with Gasteiger partial charge in [0.1, 0.15) is 6.10 Å². The summed E-state index contributed by atoms with van der Waals surface area (Å²) < 4.78 is 29.2. The first-order chi connectivity index (χ1) is 10.7. The summed E-state index contributed by atoms with van der Waals surface area (Å²) in [6.45, 7) is 12.1. The highest BCUT2D eigenvalue weighted by Crippen LogP contribution is 2.22. The summed E-state index contributed by atoms with van der Waals surface area (Å²) in [6, 6.07) is 0.822. The van der Waals surface area contributed by atoms with Crippen LogP contribution in [0.2, 0.25) is 6.04 Å². The van der Waals surface area contributed by atoms with Crippen molar-refractivity contribution in [2.24, 2.45) is 0 Å². The molecule has 2 unspecified atom stereocenters. The van der Waals surface area contributed by atoms with Crippen LogP contribution < -0.4 is 0 Å². The van der Waals surface area contributed by atoms with Crippen LogP contribution in [0, 0.1) is 0 Å². The van der Waals surface area contributed by atoms with Gasteiger partial charge in [-0.15, -0.1) is 0 Å². The van der Waals surface area contributed by atoms with Gasteiger partial charge < -0.3 is 22.8 Å². The normalized spacial score (nSPS) is 19.4. The predicted octanol–water partition coefficient (Wildman–Crippen LogP) is 3.40. The summed E-state index contributed by atoms with van der Waals surface area (Å²) >= 11 is 0. The highest BCUT2D eigenvalue weighted by atomic mass is 28.4. The van der Waals surface area contributed by atoms with Crippen LogP contribution in [0.3, 0.4) is 0 Å². The molecule has 1 fully saturated rings. The highest BCUT2D eigenvalue weighted by molar-refractivity contribution is 6.60. The van der Waals surface area contributed by atoms with E-state index in [4.69, 9.17) is 22.8 Å². The van der Waals surface area contributed by atoms with Crippen LogP contribution in [0.1, 0.15) is 53.4 Å². The minimum atomic E-state index is -2.59. The molecule has 0 saturated carbocycles. The van der Waals surface area contributed by atoms with Gasteiger partial charge in [-0.1, -0.05) is 20.8 Å². The molecule has 0 aromatic carbocycles. The maximum absolute atomic E-state index is 6.25. The van der Waals surface area contributed by atoms with Gasteiger partial charge in [0.15, 0.2) is 0 Å². The van der Waals surface area contributed by atoms with Gasteiger partial charge in [-0.3, -0.25) is 0 Å². The minimum absolute atomic E-state index is 0.168. The molecule has 1 rings (SSSR count). The molecule has 1 saturated heterocycles. The molecule has 1 aliphatic rings. The number of ether oxygens (including phenoxy) is 2. The van der Waals surface area contributed by atoms with Crippen molar-refractivity contribution >= 4 is 8.80 Å². The lowest BCUT2D eigenvalue weighted by Gasteiger charge is -2.32. The molecular formula is C16H34O5Si.